The number of aromatic amines is 1. The highest BCUT2D eigenvalue weighted by Gasteiger charge is 2.05. The van der Waals surface area contributed by atoms with Gasteiger partial charge in [0, 0.05) is 12.0 Å². The molecule has 0 bridgehead atoms. The molecule has 0 aliphatic heterocycles. The fraction of sp³-hybridized carbons (Fsp3) is 0.308. The van der Waals surface area contributed by atoms with Crippen molar-refractivity contribution in [2.75, 3.05) is 6.54 Å². The number of rotatable bonds is 3. The molecule has 3 N–H and O–H groups in total. The molecule has 0 atom stereocenters. The first kappa shape index (κ1) is 10.9. The Morgan fingerprint density at radius 1 is 1.31 bits per heavy atom. The number of nitrogens with zero attached hydrogens (tertiary/aromatic N) is 1. The summed E-state index contributed by atoms with van der Waals surface area (Å²) in [7, 11) is 0. The van der Waals surface area contributed by atoms with Crippen LogP contribution in [0.2, 0.25) is 0 Å². The van der Waals surface area contributed by atoms with Crippen molar-refractivity contribution in [3.8, 4) is 11.3 Å². The van der Waals surface area contributed by atoms with Gasteiger partial charge in [-0.15, -0.1) is 0 Å². The van der Waals surface area contributed by atoms with Crippen molar-refractivity contribution in [1.29, 1.82) is 0 Å². The molecule has 0 saturated heterocycles. The second-order valence-electron chi connectivity index (χ2n) is 4.10. The molecule has 2 rings (SSSR count). The van der Waals surface area contributed by atoms with Crippen LogP contribution in [-0.2, 0) is 6.42 Å². The minimum atomic E-state index is 0.625. The van der Waals surface area contributed by atoms with Crippen LogP contribution in [0.5, 0.6) is 0 Å². The highest BCUT2D eigenvalue weighted by Crippen LogP contribution is 2.22. The maximum Gasteiger partial charge on any atom is 0.107 e. The van der Waals surface area contributed by atoms with Crippen LogP contribution < -0.4 is 5.73 Å². The average molecular weight is 215 g/mol. The molecule has 0 spiro atoms. The number of nitrogens with one attached hydrogen (secondary N) is 1. The third-order valence-corrected chi connectivity index (χ3v) is 2.69. The third kappa shape index (κ3) is 2.14. The molecule has 1 aromatic carbocycles. The second-order valence-corrected chi connectivity index (χ2v) is 4.10. The Balaban J connectivity index is 2.38. The van der Waals surface area contributed by atoms with Crippen LogP contribution in [0.4, 0.5) is 0 Å². The Morgan fingerprint density at radius 3 is 2.88 bits per heavy atom. The molecule has 3 nitrogen and oxygen atoms in total. The Hall–Kier alpha value is -1.61. The normalized spacial score (nSPS) is 10.7. The van der Waals surface area contributed by atoms with E-state index in [4.69, 9.17) is 5.73 Å². The molecule has 0 unspecified atom stereocenters. The molecule has 0 aliphatic rings. The van der Waals surface area contributed by atoms with Crippen molar-refractivity contribution in [2.24, 2.45) is 5.73 Å². The fourth-order valence-electron chi connectivity index (χ4n) is 1.79. The van der Waals surface area contributed by atoms with Gasteiger partial charge in [0.2, 0.25) is 0 Å². The van der Waals surface area contributed by atoms with E-state index in [1.165, 1.54) is 16.7 Å². The zero-order valence-electron chi connectivity index (χ0n) is 9.75. The van der Waals surface area contributed by atoms with Gasteiger partial charge in [-0.1, -0.05) is 17.7 Å². The zero-order valence-corrected chi connectivity index (χ0v) is 9.75. The van der Waals surface area contributed by atoms with E-state index in [-0.39, 0.29) is 0 Å². The van der Waals surface area contributed by atoms with Gasteiger partial charge in [-0.3, -0.25) is 0 Å². The van der Waals surface area contributed by atoms with Crippen molar-refractivity contribution in [3.05, 3.63) is 41.3 Å². The Bertz CT molecular complexity index is 486. The first-order valence-electron chi connectivity index (χ1n) is 5.52. The lowest BCUT2D eigenvalue weighted by atomic mass is 10.0. The molecule has 0 saturated carbocycles. The largest absolute Gasteiger partial charge is 0.342 e. The fourth-order valence-corrected chi connectivity index (χ4v) is 1.79. The summed E-state index contributed by atoms with van der Waals surface area (Å²) in [6.07, 6.45) is 2.68. The van der Waals surface area contributed by atoms with Gasteiger partial charge < -0.3 is 10.7 Å². The van der Waals surface area contributed by atoms with Gasteiger partial charge in [0.15, 0.2) is 0 Å². The van der Waals surface area contributed by atoms with Gasteiger partial charge in [0.1, 0.15) is 5.82 Å². The minimum absolute atomic E-state index is 0.625. The topological polar surface area (TPSA) is 54.7 Å². The molecule has 84 valence electrons. The number of hydrogen-bond donors (Lipinski definition) is 2. The predicted octanol–water partition coefficient (Wildman–Crippen LogP) is 2.19. The molecular formula is C13H17N3. The molecule has 1 heterocycles. The summed E-state index contributed by atoms with van der Waals surface area (Å²) in [6, 6.07) is 6.43. The Labute approximate surface area is 95.7 Å². The molecule has 0 fully saturated rings. The average Bonchev–Trinajstić information content (AvgIpc) is 2.71. The number of aryl methyl sites for hydroxylation is 2. The lowest BCUT2D eigenvalue weighted by molar-refractivity contribution is 0.895. The number of hydrogen-bond acceptors (Lipinski definition) is 2. The predicted molar refractivity (Wildman–Crippen MR) is 66.3 cm³/mol. The molecule has 2 aromatic rings. The van der Waals surface area contributed by atoms with E-state index >= 15 is 0 Å². The number of aromatic nitrogens is 2. The van der Waals surface area contributed by atoms with Crippen LogP contribution in [0.15, 0.2) is 24.4 Å². The van der Waals surface area contributed by atoms with Crippen LogP contribution in [-0.4, -0.2) is 16.5 Å². The van der Waals surface area contributed by atoms with E-state index in [1.54, 1.807) is 0 Å². The highest BCUT2D eigenvalue weighted by molar-refractivity contribution is 5.63. The Kier molecular flexibility index (Phi) is 3.06. The van der Waals surface area contributed by atoms with Gasteiger partial charge >= 0.3 is 0 Å². The van der Waals surface area contributed by atoms with E-state index in [1.807, 2.05) is 6.20 Å². The standard InChI is InChI=1S/C13H17N3/c1-9-3-4-10(2)11(7-9)12-8-15-13(16-12)5-6-14/h3-4,7-8H,5-6,14H2,1-2H3,(H,15,16). The lowest BCUT2D eigenvalue weighted by Gasteiger charge is -2.04. The summed E-state index contributed by atoms with van der Waals surface area (Å²) in [5.74, 6) is 0.957. The summed E-state index contributed by atoms with van der Waals surface area (Å²) in [6.45, 7) is 4.83. The summed E-state index contributed by atoms with van der Waals surface area (Å²) in [5.41, 5.74) is 10.3. The van der Waals surface area contributed by atoms with Gasteiger partial charge in [0.05, 0.1) is 11.9 Å². The van der Waals surface area contributed by atoms with Crippen molar-refractivity contribution in [2.45, 2.75) is 20.3 Å². The third-order valence-electron chi connectivity index (χ3n) is 2.69. The lowest BCUT2D eigenvalue weighted by Crippen LogP contribution is -2.03. The number of imidazole rings is 1. The zero-order chi connectivity index (χ0) is 11.5. The van der Waals surface area contributed by atoms with Crippen molar-refractivity contribution >= 4 is 0 Å². The van der Waals surface area contributed by atoms with E-state index in [2.05, 4.69) is 42.0 Å². The maximum absolute atomic E-state index is 5.50. The van der Waals surface area contributed by atoms with Gasteiger partial charge in [0.25, 0.3) is 0 Å². The number of H-pyrrole nitrogens is 1. The van der Waals surface area contributed by atoms with Crippen LogP contribution in [0.25, 0.3) is 11.3 Å². The van der Waals surface area contributed by atoms with Crippen LogP contribution >= 0.6 is 0 Å². The monoisotopic (exact) mass is 215 g/mol. The number of nitrogens with two attached hydrogens (primary N) is 1. The minimum Gasteiger partial charge on any atom is -0.342 e. The first-order chi connectivity index (χ1) is 7.70. The van der Waals surface area contributed by atoms with E-state index in [0.29, 0.717) is 6.54 Å². The highest BCUT2D eigenvalue weighted by atomic mass is 14.9. The SMILES string of the molecule is Cc1ccc(C)c(-c2cnc(CCN)[nH]2)c1. The van der Waals surface area contributed by atoms with Crippen LogP contribution in [0, 0.1) is 13.8 Å². The maximum atomic E-state index is 5.50. The first-order valence-corrected chi connectivity index (χ1v) is 5.52. The molecule has 0 amide bonds. The van der Waals surface area contributed by atoms with E-state index in [9.17, 15) is 0 Å². The Morgan fingerprint density at radius 2 is 2.12 bits per heavy atom. The summed E-state index contributed by atoms with van der Waals surface area (Å²) in [4.78, 5) is 7.62. The quantitative estimate of drug-likeness (QED) is 0.824. The van der Waals surface area contributed by atoms with Gasteiger partial charge in [-0.05, 0) is 32.0 Å². The molecular weight excluding hydrogens is 198 g/mol. The van der Waals surface area contributed by atoms with Gasteiger partial charge in [-0.25, -0.2) is 4.98 Å². The number of benzene rings is 1. The van der Waals surface area contributed by atoms with E-state index in [0.717, 1.165) is 17.9 Å². The summed E-state index contributed by atoms with van der Waals surface area (Å²) in [5, 5.41) is 0. The molecule has 16 heavy (non-hydrogen) atoms. The summed E-state index contributed by atoms with van der Waals surface area (Å²) < 4.78 is 0. The van der Waals surface area contributed by atoms with Crippen molar-refractivity contribution in [3.63, 3.8) is 0 Å². The van der Waals surface area contributed by atoms with Crippen molar-refractivity contribution in [1.82, 2.24) is 9.97 Å². The van der Waals surface area contributed by atoms with Gasteiger partial charge in [-0.2, -0.15) is 0 Å². The van der Waals surface area contributed by atoms with E-state index < -0.39 is 0 Å². The van der Waals surface area contributed by atoms with Crippen molar-refractivity contribution < 1.29 is 0 Å². The molecule has 0 radical (unpaired) electrons. The van der Waals surface area contributed by atoms with Crippen LogP contribution in [0.1, 0.15) is 17.0 Å². The van der Waals surface area contributed by atoms with Crippen LogP contribution in [0.3, 0.4) is 0 Å². The smallest absolute Gasteiger partial charge is 0.107 e. The molecule has 1 aromatic heterocycles. The molecule has 3 heteroatoms. The molecule has 0 aliphatic carbocycles. The summed E-state index contributed by atoms with van der Waals surface area (Å²) >= 11 is 0. The second kappa shape index (κ2) is 4.49.